The van der Waals surface area contributed by atoms with E-state index in [1.54, 1.807) is 24.3 Å². The molecule has 0 heterocycles. The molecule has 0 spiro atoms. The number of rotatable bonds is 4. The summed E-state index contributed by atoms with van der Waals surface area (Å²) in [6, 6.07) is 13.2. The van der Waals surface area contributed by atoms with Gasteiger partial charge >= 0.3 is 0 Å². The van der Waals surface area contributed by atoms with E-state index in [0.717, 1.165) is 11.1 Å². The largest absolute Gasteiger partial charge is 0.379 e. The van der Waals surface area contributed by atoms with Crippen LogP contribution in [-0.4, -0.2) is 31.5 Å². The molecule has 0 amide bonds. The minimum Gasteiger partial charge on any atom is -0.379 e. The van der Waals surface area contributed by atoms with E-state index in [1.165, 1.54) is 12.1 Å². The van der Waals surface area contributed by atoms with Crippen LogP contribution in [0, 0.1) is 6.92 Å². The average molecular weight is 346 g/mol. The number of Topliss-reactive ketones (excluding diaryl/α,β-unsaturated/α-hetero) is 1. The van der Waals surface area contributed by atoms with Crippen molar-refractivity contribution in [2.45, 2.75) is 30.3 Å². The first-order valence-corrected chi connectivity index (χ1v) is 9.04. The second kappa shape index (κ2) is 6.12. The molecule has 3 rings (SSSR count). The van der Waals surface area contributed by atoms with E-state index in [1.807, 2.05) is 19.1 Å². The summed E-state index contributed by atoms with van der Waals surface area (Å²) in [4.78, 5) is 12.5. The zero-order valence-corrected chi connectivity index (χ0v) is 14.0. The third-order valence-corrected chi connectivity index (χ3v) is 5.53. The predicted octanol–water partition coefficient (Wildman–Crippen LogP) is 2.26. The standard InChI is InChI=1S/C18H18O5S/c1-13-6-8-15(9-7-13)24(21,22)23-12-18(20)11-10-14-4-2-3-5-16(14)17(18)19/h2-9,20H,10-12H2,1H3. The van der Waals surface area contributed by atoms with Gasteiger partial charge in [-0.2, -0.15) is 8.42 Å². The number of aliphatic hydroxyl groups is 1. The number of hydrogen-bond acceptors (Lipinski definition) is 5. The van der Waals surface area contributed by atoms with Gasteiger partial charge in [-0.3, -0.25) is 8.98 Å². The predicted molar refractivity (Wildman–Crippen MR) is 88.4 cm³/mol. The molecule has 0 fully saturated rings. The lowest BCUT2D eigenvalue weighted by Gasteiger charge is -2.31. The molecule has 1 aliphatic rings. The van der Waals surface area contributed by atoms with E-state index in [0.29, 0.717) is 12.0 Å². The van der Waals surface area contributed by atoms with Crippen LogP contribution in [0.15, 0.2) is 53.4 Å². The van der Waals surface area contributed by atoms with Crippen molar-refractivity contribution in [3.05, 3.63) is 65.2 Å². The van der Waals surface area contributed by atoms with Gasteiger partial charge in [-0.1, -0.05) is 42.0 Å². The molecule has 24 heavy (non-hydrogen) atoms. The van der Waals surface area contributed by atoms with E-state index in [9.17, 15) is 18.3 Å². The van der Waals surface area contributed by atoms with Crippen molar-refractivity contribution in [1.29, 1.82) is 0 Å². The van der Waals surface area contributed by atoms with Gasteiger partial charge < -0.3 is 5.11 Å². The Bertz CT molecular complexity index is 871. The number of carbonyl (C=O) groups excluding carboxylic acids is 1. The molecule has 2 aromatic carbocycles. The maximum absolute atomic E-state index is 12.5. The molecule has 126 valence electrons. The van der Waals surface area contributed by atoms with Gasteiger partial charge in [0, 0.05) is 5.56 Å². The minimum absolute atomic E-state index is 0.000332. The minimum atomic E-state index is -4.03. The molecule has 2 aromatic rings. The Morgan fingerprint density at radius 2 is 1.79 bits per heavy atom. The number of ketones is 1. The Balaban J connectivity index is 1.79. The highest BCUT2D eigenvalue weighted by molar-refractivity contribution is 7.86. The van der Waals surface area contributed by atoms with Crippen LogP contribution in [0.4, 0.5) is 0 Å². The van der Waals surface area contributed by atoms with Gasteiger partial charge in [-0.05, 0) is 37.5 Å². The number of carbonyl (C=O) groups is 1. The van der Waals surface area contributed by atoms with E-state index in [2.05, 4.69) is 0 Å². The normalized spacial score (nSPS) is 20.7. The number of aryl methyl sites for hydroxylation is 2. The Morgan fingerprint density at radius 3 is 2.50 bits per heavy atom. The molecule has 6 heteroatoms. The molecule has 1 N–H and O–H groups in total. The van der Waals surface area contributed by atoms with Gasteiger partial charge in [-0.25, -0.2) is 0 Å². The maximum Gasteiger partial charge on any atom is 0.297 e. The molecular weight excluding hydrogens is 328 g/mol. The van der Waals surface area contributed by atoms with Crippen LogP contribution in [0.3, 0.4) is 0 Å². The molecule has 0 saturated heterocycles. The lowest BCUT2D eigenvalue weighted by atomic mass is 9.80. The van der Waals surface area contributed by atoms with E-state index >= 15 is 0 Å². The summed E-state index contributed by atoms with van der Waals surface area (Å²) >= 11 is 0. The summed E-state index contributed by atoms with van der Waals surface area (Å²) in [6.07, 6.45) is 0.624. The molecule has 0 aromatic heterocycles. The zero-order chi connectivity index (χ0) is 17.4. The second-order valence-corrected chi connectivity index (χ2v) is 7.66. The van der Waals surface area contributed by atoms with Crippen LogP contribution >= 0.6 is 0 Å². The van der Waals surface area contributed by atoms with Crippen LogP contribution in [0.25, 0.3) is 0 Å². The quantitative estimate of drug-likeness (QED) is 0.859. The summed E-state index contributed by atoms with van der Waals surface area (Å²) in [5.74, 6) is -0.497. The maximum atomic E-state index is 12.5. The highest BCUT2D eigenvalue weighted by Gasteiger charge is 2.42. The van der Waals surface area contributed by atoms with Gasteiger partial charge in [0.15, 0.2) is 11.4 Å². The van der Waals surface area contributed by atoms with Gasteiger partial charge in [-0.15, -0.1) is 0 Å². The monoisotopic (exact) mass is 346 g/mol. The first-order valence-electron chi connectivity index (χ1n) is 7.63. The Kier molecular flexibility index (Phi) is 4.29. The van der Waals surface area contributed by atoms with Crippen molar-refractivity contribution < 1.29 is 22.5 Å². The summed E-state index contributed by atoms with van der Waals surface area (Å²) in [6.45, 7) is 1.26. The smallest absolute Gasteiger partial charge is 0.297 e. The average Bonchev–Trinajstić information content (AvgIpc) is 2.58. The van der Waals surface area contributed by atoms with Crippen LogP contribution in [-0.2, 0) is 20.7 Å². The number of hydrogen-bond donors (Lipinski definition) is 1. The first kappa shape index (κ1) is 16.8. The lowest BCUT2D eigenvalue weighted by Crippen LogP contribution is -2.47. The fourth-order valence-corrected chi connectivity index (χ4v) is 3.71. The van der Waals surface area contributed by atoms with Crippen molar-refractivity contribution in [2.75, 3.05) is 6.61 Å². The van der Waals surface area contributed by atoms with Crippen molar-refractivity contribution in [3.8, 4) is 0 Å². The van der Waals surface area contributed by atoms with Crippen LogP contribution in [0.1, 0.15) is 27.9 Å². The van der Waals surface area contributed by atoms with Crippen molar-refractivity contribution in [2.24, 2.45) is 0 Å². The molecule has 1 atom stereocenters. The molecule has 0 radical (unpaired) electrons. The molecule has 0 saturated carbocycles. The van der Waals surface area contributed by atoms with Crippen molar-refractivity contribution in [3.63, 3.8) is 0 Å². The number of benzene rings is 2. The summed E-state index contributed by atoms with van der Waals surface area (Å²) in [7, 11) is -4.03. The van der Waals surface area contributed by atoms with Crippen molar-refractivity contribution >= 4 is 15.9 Å². The van der Waals surface area contributed by atoms with Gasteiger partial charge in [0.2, 0.25) is 0 Å². The van der Waals surface area contributed by atoms with Gasteiger partial charge in [0.05, 0.1) is 4.90 Å². The van der Waals surface area contributed by atoms with Gasteiger partial charge in [0.1, 0.15) is 6.61 Å². The third kappa shape index (κ3) is 3.13. The van der Waals surface area contributed by atoms with Crippen molar-refractivity contribution in [1.82, 2.24) is 0 Å². The van der Waals surface area contributed by atoms with Gasteiger partial charge in [0.25, 0.3) is 10.1 Å². The van der Waals surface area contributed by atoms with E-state index in [-0.39, 0.29) is 11.3 Å². The Morgan fingerprint density at radius 1 is 1.12 bits per heavy atom. The fraction of sp³-hybridized carbons (Fsp3) is 0.278. The summed E-state index contributed by atoms with van der Waals surface area (Å²) in [5, 5.41) is 10.6. The molecule has 1 aliphatic carbocycles. The van der Waals surface area contributed by atoms with Crippen LogP contribution in [0.2, 0.25) is 0 Å². The van der Waals surface area contributed by atoms with Crippen LogP contribution in [0.5, 0.6) is 0 Å². The molecule has 1 unspecified atom stereocenters. The third-order valence-electron chi connectivity index (χ3n) is 4.26. The molecule has 0 bridgehead atoms. The number of fused-ring (bicyclic) bond motifs is 1. The zero-order valence-electron chi connectivity index (χ0n) is 13.2. The Labute approximate surface area is 141 Å². The SMILES string of the molecule is Cc1ccc(S(=O)(=O)OCC2(O)CCc3ccccc3C2=O)cc1. The van der Waals surface area contributed by atoms with E-state index < -0.39 is 28.1 Å². The highest BCUT2D eigenvalue weighted by Crippen LogP contribution is 2.30. The summed E-state index contributed by atoms with van der Waals surface area (Å²) in [5.41, 5.74) is 0.370. The molecular formula is C18H18O5S. The topological polar surface area (TPSA) is 80.7 Å². The fourth-order valence-electron chi connectivity index (χ4n) is 2.75. The lowest BCUT2D eigenvalue weighted by molar-refractivity contribution is -0.000625. The first-order chi connectivity index (χ1) is 11.3. The van der Waals surface area contributed by atoms with Crippen LogP contribution < -0.4 is 0 Å². The molecule has 5 nitrogen and oxygen atoms in total. The summed E-state index contributed by atoms with van der Waals surface area (Å²) < 4.78 is 29.5. The highest BCUT2D eigenvalue weighted by atomic mass is 32.2. The molecule has 0 aliphatic heterocycles. The Hall–Kier alpha value is -2.02. The van der Waals surface area contributed by atoms with E-state index in [4.69, 9.17) is 4.18 Å². The second-order valence-electron chi connectivity index (χ2n) is 6.05.